The Labute approximate surface area is 126 Å². The Balaban J connectivity index is 2.05. The lowest BCUT2D eigenvalue weighted by Gasteiger charge is -2.28. The molecular weight excluding hydrogens is 260 g/mol. The molecular formula is C19H22O2. The second-order valence-corrected chi connectivity index (χ2v) is 5.89. The van der Waals surface area contributed by atoms with E-state index in [4.69, 9.17) is 4.74 Å². The van der Waals surface area contributed by atoms with Gasteiger partial charge in [-0.15, -0.1) is 0 Å². The van der Waals surface area contributed by atoms with Crippen LogP contribution in [0, 0.1) is 5.92 Å². The average Bonchev–Trinajstić information content (AvgIpc) is 2.47. The molecule has 0 radical (unpaired) electrons. The van der Waals surface area contributed by atoms with Crippen molar-refractivity contribution in [3.8, 4) is 0 Å². The lowest BCUT2D eigenvalue weighted by molar-refractivity contribution is -0.138. The van der Waals surface area contributed by atoms with Gasteiger partial charge in [0.15, 0.2) is 0 Å². The molecule has 2 heteroatoms. The summed E-state index contributed by atoms with van der Waals surface area (Å²) in [5.41, 5.74) is 4.62. The van der Waals surface area contributed by atoms with E-state index in [0.717, 1.165) is 18.4 Å². The lowest BCUT2D eigenvalue weighted by atomic mass is 9.77. The third kappa shape index (κ3) is 3.10. The highest BCUT2D eigenvalue weighted by atomic mass is 16.5. The zero-order valence-corrected chi connectivity index (χ0v) is 12.6. The molecule has 2 nitrogen and oxygen atoms in total. The monoisotopic (exact) mass is 282 g/mol. The number of allylic oxidation sites excluding steroid dienone is 1. The van der Waals surface area contributed by atoms with Crippen molar-refractivity contribution in [2.24, 2.45) is 5.92 Å². The molecule has 21 heavy (non-hydrogen) atoms. The topological polar surface area (TPSA) is 26.3 Å². The molecule has 0 heterocycles. The zero-order chi connectivity index (χ0) is 14.7. The molecule has 0 N–H and O–H groups in total. The largest absolute Gasteiger partial charge is 0.462 e. The van der Waals surface area contributed by atoms with E-state index in [1.54, 1.807) is 0 Å². The Morgan fingerprint density at radius 1 is 1.24 bits per heavy atom. The molecule has 0 aromatic heterocycles. The second-order valence-electron chi connectivity index (χ2n) is 5.89. The van der Waals surface area contributed by atoms with E-state index < -0.39 is 0 Å². The minimum absolute atomic E-state index is 0.203. The number of fused-ring (bicyclic) bond motifs is 2. The van der Waals surface area contributed by atoms with E-state index in [0.29, 0.717) is 18.1 Å². The predicted molar refractivity (Wildman–Crippen MR) is 84.8 cm³/mol. The van der Waals surface area contributed by atoms with Gasteiger partial charge in [-0.3, -0.25) is 0 Å². The summed E-state index contributed by atoms with van der Waals surface area (Å²) in [6.07, 6.45) is 10.1. The van der Waals surface area contributed by atoms with Crippen LogP contribution >= 0.6 is 0 Å². The molecule has 0 bridgehead atoms. The normalized spacial score (nSPS) is 26.0. The number of esters is 1. The van der Waals surface area contributed by atoms with Gasteiger partial charge < -0.3 is 4.74 Å². The first kappa shape index (κ1) is 14.1. The lowest BCUT2D eigenvalue weighted by Crippen LogP contribution is -2.17. The van der Waals surface area contributed by atoms with Crippen LogP contribution in [0.25, 0.3) is 6.08 Å². The Kier molecular flexibility index (Phi) is 4.23. The molecule has 110 valence electrons. The van der Waals surface area contributed by atoms with Gasteiger partial charge >= 0.3 is 5.97 Å². The van der Waals surface area contributed by atoms with Crippen LogP contribution in [0.4, 0.5) is 0 Å². The van der Waals surface area contributed by atoms with Crippen LogP contribution in [0.15, 0.2) is 41.5 Å². The van der Waals surface area contributed by atoms with Crippen molar-refractivity contribution < 1.29 is 9.53 Å². The first-order valence-electron chi connectivity index (χ1n) is 7.95. The van der Waals surface area contributed by atoms with Crippen LogP contribution in [0.1, 0.15) is 43.7 Å². The van der Waals surface area contributed by atoms with Crippen molar-refractivity contribution in [3.63, 3.8) is 0 Å². The minimum atomic E-state index is -0.203. The highest BCUT2D eigenvalue weighted by Gasteiger charge is 2.23. The third-order valence-corrected chi connectivity index (χ3v) is 4.48. The van der Waals surface area contributed by atoms with Gasteiger partial charge in [-0.25, -0.2) is 4.79 Å². The number of rotatable bonds is 2. The van der Waals surface area contributed by atoms with Crippen molar-refractivity contribution >= 4 is 12.0 Å². The number of hydrogen-bond donors (Lipinski definition) is 0. The van der Waals surface area contributed by atoms with Gasteiger partial charge in [-0.1, -0.05) is 36.3 Å². The highest BCUT2D eigenvalue weighted by Crippen LogP contribution is 2.35. The fourth-order valence-electron chi connectivity index (χ4n) is 3.40. The first-order chi connectivity index (χ1) is 10.3. The third-order valence-electron chi connectivity index (χ3n) is 4.48. The van der Waals surface area contributed by atoms with E-state index in [2.05, 4.69) is 24.3 Å². The molecule has 0 amide bonds. The molecule has 1 aromatic rings. The van der Waals surface area contributed by atoms with E-state index in [9.17, 15) is 4.79 Å². The average molecular weight is 282 g/mol. The molecule has 0 aliphatic heterocycles. The van der Waals surface area contributed by atoms with Crippen LogP contribution in [0.5, 0.6) is 0 Å². The summed E-state index contributed by atoms with van der Waals surface area (Å²) in [6, 6.07) is 8.40. The van der Waals surface area contributed by atoms with Crippen LogP contribution in [-0.4, -0.2) is 12.6 Å². The van der Waals surface area contributed by atoms with Gasteiger partial charge in [0.05, 0.1) is 12.2 Å². The number of carbonyl (C=O) groups is 1. The van der Waals surface area contributed by atoms with Gasteiger partial charge in [0, 0.05) is 0 Å². The highest BCUT2D eigenvalue weighted by molar-refractivity contribution is 5.97. The standard InChI is InChI=1S/C19H22O2/c1-2-21-19(20)18-12-16-9-5-3-7-14(16)11-15-8-4-6-10-17(15)13-18/h3,5,7,9,12-13,15H,2,4,6,8,10-11H2,1H3/b17-13-,18-12+. The van der Waals surface area contributed by atoms with Crippen molar-refractivity contribution in [2.45, 2.75) is 39.0 Å². The van der Waals surface area contributed by atoms with Crippen LogP contribution in [-0.2, 0) is 16.0 Å². The number of carbonyl (C=O) groups excluding carboxylic acids is 1. The summed E-state index contributed by atoms with van der Waals surface area (Å²) in [5, 5.41) is 0. The quantitative estimate of drug-likeness (QED) is 0.756. The Bertz CT molecular complexity index is 595. The Hall–Kier alpha value is -1.83. The number of ether oxygens (including phenoxy) is 1. The van der Waals surface area contributed by atoms with Crippen molar-refractivity contribution in [3.05, 3.63) is 52.6 Å². The summed E-state index contributed by atoms with van der Waals surface area (Å²) in [5.74, 6) is 0.379. The van der Waals surface area contributed by atoms with E-state index in [1.165, 1.54) is 30.4 Å². The summed E-state index contributed by atoms with van der Waals surface area (Å²) < 4.78 is 5.22. The number of benzene rings is 1. The van der Waals surface area contributed by atoms with Crippen LogP contribution < -0.4 is 0 Å². The van der Waals surface area contributed by atoms with Crippen LogP contribution in [0.3, 0.4) is 0 Å². The van der Waals surface area contributed by atoms with Crippen molar-refractivity contribution in [1.29, 1.82) is 0 Å². The van der Waals surface area contributed by atoms with Gasteiger partial charge in [0.25, 0.3) is 0 Å². The molecule has 3 rings (SSSR count). The van der Waals surface area contributed by atoms with E-state index >= 15 is 0 Å². The summed E-state index contributed by atoms with van der Waals surface area (Å²) in [6.45, 7) is 2.27. The maximum absolute atomic E-state index is 12.2. The number of hydrogen-bond acceptors (Lipinski definition) is 2. The maximum atomic E-state index is 12.2. The molecule has 0 spiro atoms. The molecule has 1 unspecified atom stereocenters. The maximum Gasteiger partial charge on any atom is 0.338 e. The molecule has 1 fully saturated rings. The summed E-state index contributed by atoms with van der Waals surface area (Å²) >= 11 is 0. The van der Waals surface area contributed by atoms with Gasteiger partial charge in [-0.2, -0.15) is 0 Å². The Morgan fingerprint density at radius 2 is 2.10 bits per heavy atom. The molecule has 2 aliphatic rings. The summed E-state index contributed by atoms with van der Waals surface area (Å²) in [4.78, 5) is 12.2. The predicted octanol–water partition coefficient (Wildman–Crippen LogP) is 4.31. The first-order valence-corrected chi connectivity index (χ1v) is 7.95. The Morgan fingerprint density at radius 3 is 2.95 bits per heavy atom. The zero-order valence-electron chi connectivity index (χ0n) is 12.6. The van der Waals surface area contributed by atoms with E-state index in [-0.39, 0.29) is 5.97 Å². The van der Waals surface area contributed by atoms with E-state index in [1.807, 2.05) is 19.1 Å². The molecule has 1 saturated carbocycles. The summed E-state index contributed by atoms with van der Waals surface area (Å²) in [7, 11) is 0. The van der Waals surface area contributed by atoms with Gasteiger partial charge in [0.1, 0.15) is 0 Å². The van der Waals surface area contributed by atoms with Gasteiger partial charge in [-0.05, 0) is 61.8 Å². The molecule has 2 aliphatic carbocycles. The minimum Gasteiger partial charge on any atom is -0.462 e. The molecule has 1 atom stereocenters. The van der Waals surface area contributed by atoms with Crippen molar-refractivity contribution in [2.75, 3.05) is 6.61 Å². The fourth-order valence-corrected chi connectivity index (χ4v) is 3.40. The van der Waals surface area contributed by atoms with Crippen molar-refractivity contribution in [1.82, 2.24) is 0 Å². The molecule has 1 aromatic carbocycles. The molecule has 0 saturated heterocycles. The van der Waals surface area contributed by atoms with Crippen LogP contribution in [0.2, 0.25) is 0 Å². The fraction of sp³-hybridized carbons (Fsp3) is 0.421. The van der Waals surface area contributed by atoms with Gasteiger partial charge in [0.2, 0.25) is 0 Å². The second kappa shape index (κ2) is 6.30. The smallest absolute Gasteiger partial charge is 0.338 e. The SMILES string of the molecule is CCOC(=O)C1=C/c2ccccc2CC2CCCC\C2=C\1.